The SMILES string of the molecule is CCCCOc1ncccc1CNC(=O)c1ccccc1Br. The molecule has 22 heavy (non-hydrogen) atoms. The van der Waals surface area contributed by atoms with E-state index in [2.05, 4.69) is 33.2 Å². The molecule has 1 N–H and O–H groups in total. The molecule has 0 unspecified atom stereocenters. The van der Waals surface area contributed by atoms with E-state index in [1.807, 2.05) is 30.3 Å². The molecule has 0 aliphatic carbocycles. The quantitative estimate of drug-likeness (QED) is 0.758. The van der Waals surface area contributed by atoms with Gasteiger partial charge in [-0.3, -0.25) is 4.79 Å². The maximum absolute atomic E-state index is 12.2. The van der Waals surface area contributed by atoms with Crippen LogP contribution in [-0.4, -0.2) is 17.5 Å². The van der Waals surface area contributed by atoms with Gasteiger partial charge in [-0.15, -0.1) is 0 Å². The van der Waals surface area contributed by atoms with Crippen LogP contribution in [-0.2, 0) is 6.54 Å². The Hall–Kier alpha value is -1.88. The van der Waals surface area contributed by atoms with E-state index in [0.29, 0.717) is 24.6 Å². The van der Waals surface area contributed by atoms with E-state index < -0.39 is 0 Å². The van der Waals surface area contributed by atoms with E-state index >= 15 is 0 Å². The smallest absolute Gasteiger partial charge is 0.252 e. The van der Waals surface area contributed by atoms with E-state index in [1.54, 1.807) is 12.3 Å². The lowest BCUT2D eigenvalue weighted by Crippen LogP contribution is -2.23. The second-order valence-electron chi connectivity index (χ2n) is 4.83. The fourth-order valence-corrected chi connectivity index (χ4v) is 2.38. The number of pyridine rings is 1. The molecule has 0 aliphatic rings. The molecule has 1 aromatic heterocycles. The van der Waals surface area contributed by atoms with Crippen LogP contribution in [0.5, 0.6) is 5.88 Å². The summed E-state index contributed by atoms with van der Waals surface area (Å²) in [5.74, 6) is 0.458. The molecule has 0 saturated heterocycles. The van der Waals surface area contributed by atoms with Gasteiger partial charge in [0.1, 0.15) is 0 Å². The van der Waals surface area contributed by atoms with Gasteiger partial charge in [0.2, 0.25) is 5.88 Å². The number of halogens is 1. The number of ether oxygens (including phenoxy) is 1. The maximum atomic E-state index is 12.2. The Morgan fingerprint density at radius 3 is 2.86 bits per heavy atom. The number of carbonyl (C=O) groups excluding carboxylic acids is 1. The van der Waals surface area contributed by atoms with Crippen LogP contribution in [0.2, 0.25) is 0 Å². The summed E-state index contributed by atoms with van der Waals surface area (Å²) in [4.78, 5) is 16.4. The van der Waals surface area contributed by atoms with E-state index in [9.17, 15) is 4.79 Å². The molecule has 0 aliphatic heterocycles. The van der Waals surface area contributed by atoms with Crippen LogP contribution >= 0.6 is 15.9 Å². The number of hydrogen-bond donors (Lipinski definition) is 1. The second kappa shape index (κ2) is 8.54. The van der Waals surface area contributed by atoms with Crippen molar-refractivity contribution in [3.05, 3.63) is 58.2 Å². The number of aromatic nitrogens is 1. The third-order valence-corrected chi connectivity index (χ3v) is 3.84. The van der Waals surface area contributed by atoms with E-state index in [4.69, 9.17) is 4.74 Å². The first-order chi connectivity index (χ1) is 10.7. The van der Waals surface area contributed by atoms with Crippen LogP contribution in [0.3, 0.4) is 0 Å². The van der Waals surface area contributed by atoms with Crippen molar-refractivity contribution in [1.82, 2.24) is 10.3 Å². The van der Waals surface area contributed by atoms with Crippen molar-refractivity contribution in [3.63, 3.8) is 0 Å². The molecule has 2 aromatic rings. The summed E-state index contributed by atoms with van der Waals surface area (Å²) in [5, 5.41) is 2.90. The first-order valence-electron chi connectivity index (χ1n) is 7.31. The van der Waals surface area contributed by atoms with Crippen molar-refractivity contribution in [2.75, 3.05) is 6.61 Å². The lowest BCUT2D eigenvalue weighted by atomic mass is 10.2. The molecule has 0 spiro atoms. The number of nitrogens with one attached hydrogen (secondary N) is 1. The summed E-state index contributed by atoms with van der Waals surface area (Å²) in [7, 11) is 0. The van der Waals surface area contributed by atoms with Crippen LogP contribution in [0, 0.1) is 0 Å². The molecule has 0 radical (unpaired) electrons. The number of nitrogens with zero attached hydrogens (tertiary/aromatic N) is 1. The average molecular weight is 363 g/mol. The molecule has 0 saturated carbocycles. The highest BCUT2D eigenvalue weighted by molar-refractivity contribution is 9.10. The minimum absolute atomic E-state index is 0.129. The summed E-state index contributed by atoms with van der Waals surface area (Å²) in [5.41, 5.74) is 1.49. The monoisotopic (exact) mass is 362 g/mol. The molecule has 4 nitrogen and oxygen atoms in total. The summed E-state index contributed by atoms with van der Waals surface area (Å²) in [6.07, 6.45) is 3.75. The number of amides is 1. The van der Waals surface area contributed by atoms with Gasteiger partial charge >= 0.3 is 0 Å². The third kappa shape index (κ3) is 4.56. The molecule has 0 fully saturated rings. The Morgan fingerprint density at radius 1 is 1.27 bits per heavy atom. The normalized spacial score (nSPS) is 10.3. The van der Waals surface area contributed by atoms with Crippen LogP contribution in [0.25, 0.3) is 0 Å². The fourth-order valence-electron chi connectivity index (χ4n) is 1.92. The van der Waals surface area contributed by atoms with E-state index in [1.165, 1.54) is 0 Å². The Kier molecular flexibility index (Phi) is 6.40. The summed E-state index contributed by atoms with van der Waals surface area (Å²) in [6.45, 7) is 3.13. The van der Waals surface area contributed by atoms with Gasteiger partial charge in [-0.2, -0.15) is 0 Å². The van der Waals surface area contributed by atoms with Crippen LogP contribution in [0.15, 0.2) is 47.1 Å². The molecular formula is C17H19BrN2O2. The first kappa shape index (κ1) is 16.5. The maximum Gasteiger partial charge on any atom is 0.252 e. The average Bonchev–Trinajstić information content (AvgIpc) is 2.54. The van der Waals surface area contributed by atoms with Gasteiger partial charge in [-0.1, -0.05) is 31.5 Å². The molecule has 1 aromatic carbocycles. The van der Waals surface area contributed by atoms with Crippen molar-refractivity contribution in [2.45, 2.75) is 26.3 Å². The minimum Gasteiger partial charge on any atom is -0.477 e. The predicted octanol–water partition coefficient (Wildman–Crippen LogP) is 3.95. The van der Waals surface area contributed by atoms with Gasteiger partial charge in [-0.05, 0) is 40.5 Å². The fraction of sp³-hybridized carbons (Fsp3) is 0.294. The molecule has 5 heteroatoms. The van der Waals surface area contributed by atoms with Gasteiger partial charge in [-0.25, -0.2) is 4.98 Å². The zero-order valence-corrected chi connectivity index (χ0v) is 14.1. The molecule has 1 heterocycles. The predicted molar refractivity (Wildman–Crippen MR) is 90.0 cm³/mol. The number of unbranched alkanes of at least 4 members (excludes halogenated alkanes) is 1. The summed E-state index contributed by atoms with van der Waals surface area (Å²) < 4.78 is 6.44. The van der Waals surface area contributed by atoms with Crippen molar-refractivity contribution >= 4 is 21.8 Å². The van der Waals surface area contributed by atoms with E-state index in [0.717, 1.165) is 22.9 Å². The Morgan fingerprint density at radius 2 is 2.09 bits per heavy atom. The second-order valence-corrected chi connectivity index (χ2v) is 5.69. The Balaban J connectivity index is 1.99. The molecular weight excluding hydrogens is 344 g/mol. The minimum atomic E-state index is -0.129. The van der Waals surface area contributed by atoms with Gasteiger partial charge in [0.25, 0.3) is 5.91 Å². The lowest BCUT2D eigenvalue weighted by molar-refractivity contribution is 0.0950. The number of rotatable bonds is 7. The van der Waals surface area contributed by atoms with Crippen molar-refractivity contribution < 1.29 is 9.53 Å². The molecule has 0 atom stereocenters. The number of benzene rings is 1. The van der Waals surface area contributed by atoms with Gasteiger partial charge in [0.05, 0.1) is 12.2 Å². The number of carbonyl (C=O) groups is 1. The highest BCUT2D eigenvalue weighted by Crippen LogP contribution is 2.17. The third-order valence-electron chi connectivity index (χ3n) is 3.14. The zero-order chi connectivity index (χ0) is 15.8. The molecule has 116 valence electrons. The topological polar surface area (TPSA) is 51.2 Å². The molecule has 2 rings (SSSR count). The molecule has 1 amide bonds. The highest BCUT2D eigenvalue weighted by atomic mass is 79.9. The Labute approximate surface area is 139 Å². The number of hydrogen-bond acceptors (Lipinski definition) is 3. The van der Waals surface area contributed by atoms with Gasteiger partial charge in [0, 0.05) is 22.8 Å². The van der Waals surface area contributed by atoms with Gasteiger partial charge in [0.15, 0.2) is 0 Å². The standard InChI is InChI=1S/C17H19BrN2O2/c1-2-3-11-22-17-13(7-6-10-19-17)12-20-16(21)14-8-4-5-9-15(14)18/h4-10H,2-3,11-12H2,1H3,(H,20,21). The van der Waals surface area contributed by atoms with Crippen molar-refractivity contribution in [2.24, 2.45) is 0 Å². The van der Waals surface area contributed by atoms with Crippen molar-refractivity contribution in [3.8, 4) is 5.88 Å². The highest BCUT2D eigenvalue weighted by Gasteiger charge is 2.11. The largest absolute Gasteiger partial charge is 0.477 e. The zero-order valence-electron chi connectivity index (χ0n) is 12.5. The lowest BCUT2D eigenvalue weighted by Gasteiger charge is -2.11. The summed E-state index contributed by atoms with van der Waals surface area (Å²) >= 11 is 3.38. The summed E-state index contributed by atoms with van der Waals surface area (Å²) in [6, 6.07) is 11.1. The van der Waals surface area contributed by atoms with Crippen LogP contribution in [0.4, 0.5) is 0 Å². The van der Waals surface area contributed by atoms with E-state index in [-0.39, 0.29) is 5.91 Å². The van der Waals surface area contributed by atoms with Crippen LogP contribution < -0.4 is 10.1 Å². The molecule has 0 bridgehead atoms. The van der Waals surface area contributed by atoms with Crippen molar-refractivity contribution in [1.29, 1.82) is 0 Å². The van der Waals surface area contributed by atoms with Gasteiger partial charge < -0.3 is 10.1 Å². The van der Waals surface area contributed by atoms with Crippen LogP contribution in [0.1, 0.15) is 35.7 Å². The Bertz CT molecular complexity index is 632. The first-order valence-corrected chi connectivity index (χ1v) is 8.11.